The van der Waals surface area contributed by atoms with E-state index in [2.05, 4.69) is 10.6 Å². The second-order valence-corrected chi connectivity index (χ2v) is 9.82. The normalized spacial score (nSPS) is 16.9. The Morgan fingerprint density at radius 3 is 2.27 bits per heavy atom. The van der Waals surface area contributed by atoms with Crippen molar-refractivity contribution in [1.29, 1.82) is 0 Å². The lowest BCUT2D eigenvalue weighted by molar-refractivity contribution is -0.123. The molecule has 0 bridgehead atoms. The summed E-state index contributed by atoms with van der Waals surface area (Å²) in [5.74, 6) is -1.73. The Hall–Kier alpha value is -2.91. The molecule has 10 heteroatoms. The van der Waals surface area contributed by atoms with Gasteiger partial charge >= 0.3 is 0 Å². The molecule has 158 valence electrons. The van der Waals surface area contributed by atoms with Crippen LogP contribution in [0.4, 0.5) is 17.1 Å². The number of halogens is 1. The van der Waals surface area contributed by atoms with Gasteiger partial charge in [-0.25, -0.2) is 12.7 Å². The van der Waals surface area contributed by atoms with Crippen LogP contribution in [0.25, 0.3) is 0 Å². The monoisotopic (exact) mass is 449 g/mol. The van der Waals surface area contributed by atoms with Gasteiger partial charge in [-0.3, -0.25) is 14.4 Å². The van der Waals surface area contributed by atoms with E-state index in [1.807, 2.05) is 0 Å². The topological polar surface area (TPSA) is 113 Å². The van der Waals surface area contributed by atoms with Crippen molar-refractivity contribution in [3.05, 3.63) is 53.1 Å². The summed E-state index contributed by atoms with van der Waals surface area (Å²) in [5, 5.41) is 5.32. The van der Waals surface area contributed by atoms with Gasteiger partial charge < -0.3 is 10.6 Å². The first kappa shape index (κ1) is 21.8. The van der Waals surface area contributed by atoms with Crippen LogP contribution in [0.2, 0.25) is 5.02 Å². The van der Waals surface area contributed by atoms with Gasteiger partial charge in [0.15, 0.2) is 0 Å². The van der Waals surface area contributed by atoms with Crippen molar-refractivity contribution in [2.45, 2.75) is 20.8 Å². The molecule has 0 radical (unpaired) electrons. The predicted molar refractivity (Wildman–Crippen MR) is 115 cm³/mol. The number of nitrogens with zero attached hydrogens (tertiary/aromatic N) is 1. The molecule has 1 aliphatic heterocycles. The summed E-state index contributed by atoms with van der Waals surface area (Å²) >= 11 is 6.17. The van der Waals surface area contributed by atoms with Gasteiger partial charge in [-0.15, -0.1) is 0 Å². The fourth-order valence-electron chi connectivity index (χ4n) is 3.13. The number of anilines is 3. The fourth-order valence-corrected chi connectivity index (χ4v) is 5.50. The van der Waals surface area contributed by atoms with Crippen molar-refractivity contribution in [3.63, 3.8) is 0 Å². The molecule has 2 N–H and O–H groups in total. The number of carbonyl (C=O) groups is 3. The van der Waals surface area contributed by atoms with Gasteiger partial charge in [-0.2, -0.15) is 0 Å². The van der Waals surface area contributed by atoms with Gasteiger partial charge in [-0.1, -0.05) is 17.7 Å². The predicted octanol–water partition coefficient (Wildman–Crippen LogP) is 3.25. The third-order valence-corrected chi connectivity index (χ3v) is 6.78. The van der Waals surface area contributed by atoms with Crippen LogP contribution in [-0.4, -0.2) is 31.9 Å². The summed E-state index contributed by atoms with van der Waals surface area (Å²) in [7, 11) is -3.91. The van der Waals surface area contributed by atoms with Crippen molar-refractivity contribution >= 4 is 56.4 Å². The summed E-state index contributed by atoms with van der Waals surface area (Å²) in [4.78, 5) is 36.5. The van der Waals surface area contributed by atoms with Crippen LogP contribution in [0.3, 0.4) is 0 Å². The minimum absolute atomic E-state index is 0.0360. The molecule has 0 aromatic heterocycles. The molecule has 1 fully saturated rings. The van der Waals surface area contributed by atoms with E-state index in [-0.39, 0.29) is 27.9 Å². The molecule has 2 aromatic rings. The lowest BCUT2D eigenvalue weighted by Crippen LogP contribution is -2.33. The van der Waals surface area contributed by atoms with Crippen LogP contribution < -0.4 is 14.9 Å². The summed E-state index contributed by atoms with van der Waals surface area (Å²) in [6.45, 7) is 4.45. The maximum atomic E-state index is 12.7. The molecule has 0 saturated carbocycles. The molecule has 2 aromatic carbocycles. The standard InChI is InChI=1S/C20H20ClN3O5S/c1-12(25)22-14-5-4-6-15(10-14)23-18(26)13-7-8-16(21)17(9-13)24-19(27)20(2,3)11-30(24,28)29/h4-10H,11H2,1-3H3,(H,22,25)(H,23,26). The third-order valence-electron chi connectivity index (χ3n) is 4.45. The molecule has 1 heterocycles. The number of nitrogens with one attached hydrogen (secondary N) is 2. The number of benzene rings is 2. The summed E-state index contributed by atoms with van der Waals surface area (Å²) in [6.07, 6.45) is 0. The Kier molecular flexibility index (Phi) is 5.62. The first-order chi connectivity index (χ1) is 13.9. The van der Waals surface area contributed by atoms with Crippen molar-refractivity contribution in [1.82, 2.24) is 0 Å². The highest BCUT2D eigenvalue weighted by molar-refractivity contribution is 7.94. The Balaban J connectivity index is 1.91. The van der Waals surface area contributed by atoms with Crippen LogP contribution in [0.5, 0.6) is 0 Å². The molecule has 30 heavy (non-hydrogen) atoms. The zero-order valence-corrected chi connectivity index (χ0v) is 18.1. The summed E-state index contributed by atoms with van der Waals surface area (Å²) in [5.41, 5.74) is -0.106. The van der Waals surface area contributed by atoms with Crippen LogP contribution >= 0.6 is 11.6 Å². The zero-order chi connectivity index (χ0) is 22.3. The first-order valence-corrected chi connectivity index (χ1v) is 11.0. The van der Waals surface area contributed by atoms with Gasteiger partial charge in [0.2, 0.25) is 21.8 Å². The van der Waals surface area contributed by atoms with Crippen LogP contribution in [0.1, 0.15) is 31.1 Å². The third kappa shape index (κ3) is 4.31. The van der Waals surface area contributed by atoms with Crippen molar-refractivity contribution < 1.29 is 22.8 Å². The molecule has 0 unspecified atom stereocenters. The number of rotatable bonds is 4. The molecular formula is C20H20ClN3O5S. The molecule has 1 aliphatic rings. The minimum atomic E-state index is -3.91. The molecule has 0 aliphatic carbocycles. The van der Waals surface area contributed by atoms with E-state index in [4.69, 9.17) is 11.6 Å². The SMILES string of the molecule is CC(=O)Nc1cccc(NC(=O)c2ccc(Cl)c(N3C(=O)C(C)(C)CS3(=O)=O)c2)c1. The molecular weight excluding hydrogens is 430 g/mol. The van der Waals surface area contributed by atoms with Crippen LogP contribution in [-0.2, 0) is 19.6 Å². The Labute approximate surface area is 179 Å². The van der Waals surface area contributed by atoms with E-state index in [0.717, 1.165) is 0 Å². The zero-order valence-electron chi connectivity index (χ0n) is 16.5. The highest BCUT2D eigenvalue weighted by Gasteiger charge is 2.50. The van der Waals surface area contributed by atoms with Gasteiger partial charge in [0.05, 0.1) is 21.9 Å². The van der Waals surface area contributed by atoms with Gasteiger partial charge in [0.25, 0.3) is 5.91 Å². The number of hydrogen-bond acceptors (Lipinski definition) is 5. The van der Waals surface area contributed by atoms with Crippen LogP contribution in [0, 0.1) is 5.41 Å². The molecule has 0 atom stereocenters. The molecule has 1 saturated heterocycles. The number of hydrogen-bond donors (Lipinski definition) is 2. The highest BCUT2D eigenvalue weighted by atomic mass is 35.5. The largest absolute Gasteiger partial charge is 0.326 e. The van der Waals surface area contributed by atoms with Crippen molar-refractivity contribution in [2.24, 2.45) is 5.41 Å². The van der Waals surface area contributed by atoms with Crippen molar-refractivity contribution in [2.75, 3.05) is 20.7 Å². The second-order valence-electron chi connectivity index (χ2n) is 7.59. The van der Waals surface area contributed by atoms with E-state index < -0.39 is 27.3 Å². The summed E-state index contributed by atoms with van der Waals surface area (Å²) < 4.78 is 25.8. The van der Waals surface area contributed by atoms with E-state index >= 15 is 0 Å². The lowest BCUT2D eigenvalue weighted by atomic mass is 9.95. The lowest BCUT2D eigenvalue weighted by Gasteiger charge is -2.19. The fraction of sp³-hybridized carbons (Fsp3) is 0.250. The first-order valence-electron chi connectivity index (χ1n) is 8.97. The Bertz CT molecular complexity index is 1160. The van der Waals surface area contributed by atoms with E-state index in [1.165, 1.54) is 25.1 Å². The van der Waals surface area contributed by atoms with Crippen molar-refractivity contribution in [3.8, 4) is 0 Å². The Morgan fingerprint density at radius 1 is 1.07 bits per heavy atom. The van der Waals surface area contributed by atoms with Gasteiger partial charge in [0, 0.05) is 23.9 Å². The molecule has 3 amide bonds. The number of amides is 3. The van der Waals surface area contributed by atoms with E-state index in [9.17, 15) is 22.8 Å². The molecule has 0 spiro atoms. The minimum Gasteiger partial charge on any atom is -0.326 e. The van der Waals surface area contributed by atoms with E-state index in [1.54, 1.807) is 38.1 Å². The summed E-state index contributed by atoms with van der Waals surface area (Å²) in [6, 6.07) is 10.6. The van der Waals surface area contributed by atoms with Crippen LogP contribution in [0.15, 0.2) is 42.5 Å². The maximum Gasteiger partial charge on any atom is 0.255 e. The average Bonchev–Trinajstić information content (AvgIpc) is 2.78. The van der Waals surface area contributed by atoms with Gasteiger partial charge in [0.1, 0.15) is 0 Å². The highest BCUT2D eigenvalue weighted by Crippen LogP contribution is 2.39. The second kappa shape index (κ2) is 7.73. The number of carbonyl (C=O) groups excluding carboxylic acids is 3. The van der Waals surface area contributed by atoms with E-state index in [0.29, 0.717) is 15.7 Å². The molecule has 3 rings (SSSR count). The molecule has 8 nitrogen and oxygen atoms in total. The number of sulfonamides is 1. The smallest absolute Gasteiger partial charge is 0.255 e. The average molecular weight is 450 g/mol. The maximum absolute atomic E-state index is 12.7. The van der Waals surface area contributed by atoms with Gasteiger partial charge in [-0.05, 0) is 50.2 Å². The quantitative estimate of drug-likeness (QED) is 0.743. The Morgan fingerprint density at radius 2 is 1.70 bits per heavy atom.